The molecule has 2 aliphatic heterocycles. The number of aliphatic hydroxyl groups excluding tert-OH is 1. The molecule has 1 N–H and O–H groups in total. The van der Waals surface area contributed by atoms with Gasteiger partial charge in [0.15, 0.2) is 19.4 Å². The van der Waals surface area contributed by atoms with Crippen molar-refractivity contribution in [3.8, 4) is 0 Å². The molecule has 6 aliphatic rings. The Kier molecular flexibility index (Phi) is 3.86. The van der Waals surface area contributed by atoms with Crippen molar-refractivity contribution in [3.05, 3.63) is 11.6 Å². The minimum Gasteiger partial charge on any atom is -0.393 e. The number of ketones is 1. The molecule has 0 aromatic heterocycles. The number of fused-ring (bicyclic) bond motifs is 7. The fourth-order valence-corrected chi connectivity index (χ4v) is 8.66. The van der Waals surface area contributed by atoms with Crippen LogP contribution in [-0.4, -0.2) is 48.6 Å². The Morgan fingerprint density at radius 2 is 1.90 bits per heavy atom. The molecule has 4 aliphatic carbocycles. The summed E-state index contributed by atoms with van der Waals surface area (Å²) in [5, 5.41) is 11.6. The van der Waals surface area contributed by atoms with E-state index in [1.54, 1.807) is 0 Å². The van der Waals surface area contributed by atoms with Crippen LogP contribution in [-0.2, 0) is 23.7 Å². The molecule has 29 heavy (non-hydrogen) atoms. The van der Waals surface area contributed by atoms with Crippen LogP contribution in [0.3, 0.4) is 0 Å². The highest BCUT2D eigenvalue weighted by atomic mass is 16.9. The summed E-state index contributed by atoms with van der Waals surface area (Å²) < 4.78 is 24.1. The Hall–Kier alpha value is -0.790. The van der Waals surface area contributed by atoms with Crippen LogP contribution >= 0.6 is 0 Å². The zero-order valence-corrected chi connectivity index (χ0v) is 17.4. The molecule has 0 unspecified atom stereocenters. The summed E-state index contributed by atoms with van der Waals surface area (Å²) in [4.78, 5) is 12.1. The van der Waals surface area contributed by atoms with Crippen molar-refractivity contribution in [2.75, 3.05) is 20.2 Å². The van der Waals surface area contributed by atoms with E-state index >= 15 is 0 Å². The van der Waals surface area contributed by atoms with Gasteiger partial charge in [-0.2, -0.15) is 0 Å². The van der Waals surface area contributed by atoms with Crippen molar-refractivity contribution < 1.29 is 28.8 Å². The maximum absolute atomic E-state index is 12.1. The highest BCUT2D eigenvalue weighted by molar-refractivity contribution is 5.91. The Morgan fingerprint density at radius 3 is 2.69 bits per heavy atom. The van der Waals surface area contributed by atoms with E-state index in [4.69, 9.17) is 18.9 Å². The standard InChI is InChI=1S/C23H32O6/c1-20-7-5-15(24)9-14(20)3-4-16-17-6-8-22(21(17,2)10-18(25)19(16)20)23(29-13-27-22)11-26-12-28-23/h9,16-19,25H,3-8,10-13H2,1-2H3/t16-,17-,18-,19+,20-,21-,22+,23+/m0/s1. The number of aliphatic hydroxyl groups is 1. The normalized spacial score (nSPS) is 56.4. The van der Waals surface area contributed by atoms with E-state index in [0.717, 1.165) is 32.1 Å². The lowest BCUT2D eigenvalue weighted by Crippen LogP contribution is -2.66. The van der Waals surface area contributed by atoms with Crippen molar-refractivity contribution in [3.63, 3.8) is 0 Å². The first-order chi connectivity index (χ1) is 13.9. The quantitative estimate of drug-likeness (QED) is 0.669. The molecule has 0 radical (unpaired) electrons. The smallest absolute Gasteiger partial charge is 0.226 e. The van der Waals surface area contributed by atoms with Gasteiger partial charge < -0.3 is 24.1 Å². The van der Waals surface area contributed by atoms with Gasteiger partial charge in [0.2, 0.25) is 5.79 Å². The molecule has 3 saturated carbocycles. The van der Waals surface area contributed by atoms with Crippen LogP contribution in [0.25, 0.3) is 0 Å². The molecule has 5 fully saturated rings. The lowest BCUT2D eigenvalue weighted by Gasteiger charge is -2.61. The molecule has 0 aromatic carbocycles. The van der Waals surface area contributed by atoms with Gasteiger partial charge in [-0.15, -0.1) is 0 Å². The molecule has 6 rings (SSSR count). The minimum absolute atomic E-state index is 0.0645. The number of ether oxygens (including phenoxy) is 4. The van der Waals surface area contributed by atoms with E-state index in [0.29, 0.717) is 31.3 Å². The summed E-state index contributed by atoms with van der Waals surface area (Å²) >= 11 is 0. The highest BCUT2D eigenvalue weighted by Crippen LogP contribution is 2.71. The highest BCUT2D eigenvalue weighted by Gasteiger charge is 2.76. The second kappa shape index (κ2) is 5.92. The fraction of sp³-hybridized carbons (Fsp3) is 0.870. The van der Waals surface area contributed by atoms with Crippen LogP contribution in [0.5, 0.6) is 0 Å². The third kappa shape index (κ3) is 2.13. The summed E-state index contributed by atoms with van der Waals surface area (Å²) in [5.41, 5.74) is 0.423. The van der Waals surface area contributed by atoms with Gasteiger partial charge in [0.05, 0.1) is 6.10 Å². The van der Waals surface area contributed by atoms with Gasteiger partial charge >= 0.3 is 0 Å². The third-order valence-corrected chi connectivity index (χ3v) is 9.90. The third-order valence-electron chi connectivity index (χ3n) is 9.90. The second-order valence-corrected chi connectivity index (χ2v) is 10.7. The topological polar surface area (TPSA) is 74.2 Å². The summed E-state index contributed by atoms with van der Waals surface area (Å²) in [6.07, 6.45) is 7.58. The van der Waals surface area contributed by atoms with Crippen molar-refractivity contribution in [2.45, 2.75) is 76.3 Å². The molecule has 6 heteroatoms. The molecule has 0 amide bonds. The molecular formula is C23H32O6. The Labute approximate surface area is 171 Å². The van der Waals surface area contributed by atoms with E-state index in [9.17, 15) is 9.90 Å². The van der Waals surface area contributed by atoms with Gasteiger partial charge in [-0.1, -0.05) is 19.4 Å². The fourth-order valence-electron chi connectivity index (χ4n) is 8.66. The van der Waals surface area contributed by atoms with Gasteiger partial charge in [0, 0.05) is 11.8 Å². The number of hydrogen-bond donors (Lipinski definition) is 1. The largest absolute Gasteiger partial charge is 0.393 e. The van der Waals surface area contributed by atoms with Crippen LogP contribution in [0.1, 0.15) is 58.8 Å². The number of allylic oxidation sites excluding steroid dienone is 1. The van der Waals surface area contributed by atoms with E-state index in [2.05, 4.69) is 13.8 Å². The predicted molar refractivity (Wildman–Crippen MR) is 103 cm³/mol. The van der Waals surface area contributed by atoms with Gasteiger partial charge in [0.1, 0.15) is 12.2 Å². The summed E-state index contributed by atoms with van der Waals surface area (Å²) in [5.74, 6) is 0.506. The molecule has 0 aromatic rings. The summed E-state index contributed by atoms with van der Waals surface area (Å²) in [7, 11) is 0. The number of hydrogen-bond acceptors (Lipinski definition) is 6. The van der Waals surface area contributed by atoms with Crippen molar-refractivity contribution in [1.82, 2.24) is 0 Å². The Bertz CT molecular complexity index is 766. The first-order valence-corrected chi connectivity index (χ1v) is 11.3. The van der Waals surface area contributed by atoms with E-state index < -0.39 is 17.5 Å². The predicted octanol–water partition coefficient (Wildman–Crippen LogP) is 2.93. The van der Waals surface area contributed by atoms with Crippen molar-refractivity contribution >= 4 is 5.78 Å². The first-order valence-electron chi connectivity index (χ1n) is 11.3. The van der Waals surface area contributed by atoms with Crippen LogP contribution in [0, 0.1) is 28.6 Å². The van der Waals surface area contributed by atoms with Gasteiger partial charge in [-0.3, -0.25) is 4.79 Å². The lowest BCUT2D eigenvalue weighted by atomic mass is 9.45. The van der Waals surface area contributed by atoms with Crippen molar-refractivity contribution in [2.24, 2.45) is 28.6 Å². The minimum atomic E-state index is -0.843. The molecule has 2 heterocycles. The Balaban J connectivity index is 1.41. The Morgan fingerprint density at radius 1 is 1.07 bits per heavy atom. The van der Waals surface area contributed by atoms with Crippen LogP contribution in [0.4, 0.5) is 0 Å². The SMILES string of the molecule is C[C@]12CCC(=O)C=C1CC[C@@H]1[C@@H]2[C@@H](O)C[C@@]2(C)[C@H]1CC[C@@]21OCO[C@]12COCO2. The second-order valence-electron chi connectivity index (χ2n) is 10.7. The monoisotopic (exact) mass is 404 g/mol. The first kappa shape index (κ1) is 18.9. The van der Waals surface area contributed by atoms with E-state index in [1.807, 2.05) is 6.08 Å². The van der Waals surface area contributed by atoms with Crippen LogP contribution in [0.2, 0.25) is 0 Å². The maximum atomic E-state index is 12.1. The molecule has 0 bridgehead atoms. The number of carbonyl (C=O) groups is 1. The van der Waals surface area contributed by atoms with Crippen LogP contribution in [0.15, 0.2) is 11.6 Å². The summed E-state index contributed by atoms with van der Waals surface area (Å²) in [6.45, 7) is 5.44. The lowest BCUT2D eigenvalue weighted by molar-refractivity contribution is -0.257. The average Bonchev–Trinajstić information content (AvgIpc) is 3.37. The molecule has 2 saturated heterocycles. The number of rotatable bonds is 0. The molecular weight excluding hydrogens is 372 g/mol. The van der Waals surface area contributed by atoms with E-state index in [-0.39, 0.29) is 36.1 Å². The maximum Gasteiger partial charge on any atom is 0.226 e. The molecule has 6 nitrogen and oxygen atoms in total. The zero-order chi connectivity index (χ0) is 20.1. The van der Waals surface area contributed by atoms with Crippen molar-refractivity contribution in [1.29, 1.82) is 0 Å². The summed E-state index contributed by atoms with van der Waals surface area (Å²) in [6, 6.07) is 0. The van der Waals surface area contributed by atoms with Crippen LogP contribution < -0.4 is 0 Å². The molecule has 8 atom stereocenters. The van der Waals surface area contributed by atoms with Gasteiger partial charge in [-0.25, -0.2) is 0 Å². The molecule has 2 spiro atoms. The molecule has 160 valence electrons. The van der Waals surface area contributed by atoms with Gasteiger partial charge in [0.25, 0.3) is 0 Å². The van der Waals surface area contributed by atoms with E-state index in [1.165, 1.54) is 5.57 Å². The average molecular weight is 405 g/mol. The van der Waals surface area contributed by atoms with Gasteiger partial charge in [-0.05, 0) is 67.8 Å². The zero-order valence-electron chi connectivity index (χ0n) is 17.4. The number of carbonyl (C=O) groups excluding carboxylic acids is 1.